The summed E-state index contributed by atoms with van der Waals surface area (Å²) in [5, 5.41) is 11.5. The minimum atomic E-state index is -0.909. The Kier molecular flexibility index (Phi) is 11.4. The summed E-state index contributed by atoms with van der Waals surface area (Å²) in [5.74, 6) is -0.897. The van der Waals surface area contributed by atoms with Gasteiger partial charge in [-0.2, -0.15) is 0 Å². The van der Waals surface area contributed by atoms with Crippen LogP contribution in [0.1, 0.15) is 63.7 Å². The lowest BCUT2D eigenvalue weighted by Gasteiger charge is -2.29. The lowest BCUT2D eigenvalue weighted by atomic mass is 9.98. The number of rotatable bonds is 6. The van der Waals surface area contributed by atoms with Gasteiger partial charge in [-0.3, -0.25) is 19.2 Å². The Hall–Kier alpha value is -3.14. The zero-order valence-electron chi connectivity index (χ0n) is 23.0. The van der Waals surface area contributed by atoms with E-state index in [1.54, 1.807) is 38.1 Å². The summed E-state index contributed by atoms with van der Waals surface area (Å²) in [6.45, 7) is 8.93. The van der Waals surface area contributed by atoms with E-state index in [0.717, 1.165) is 13.0 Å². The Balaban J connectivity index is 2.30. The number of ether oxygens (including phenoxy) is 1. The van der Waals surface area contributed by atoms with E-state index in [1.807, 2.05) is 32.8 Å². The number of nitrogens with zero attached hydrogens (tertiary/aromatic N) is 1. The van der Waals surface area contributed by atoms with Crippen molar-refractivity contribution < 1.29 is 23.9 Å². The maximum atomic E-state index is 13.2. The van der Waals surface area contributed by atoms with Gasteiger partial charge in [-0.15, -0.1) is 0 Å². The lowest BCUT2D eigenvalue weighted by Crippen LogP contribution is -2.51. The van der Waals surface area contributed by atoms with Crippen molar-refractivity contribution in [3.05, 3.63) is 29.8 Å². The van der Waals surface area contributed by atoms with Gasteiger partial charge in [-0.25, -0.2) is 0 Å². The molecule has 0 bridgehead atoms. The van der Waals surface area contributed by atoms with Gasteiger partial charge in [-0.05, 0) is 65.4 Å². The van der Waals surface area contributed by atoms with Crippen LogP contribution in [0.5, 0.6) is 5.75 Å². The molecule has 2 rings (SSSR count). The summed E-state index contributed by atoms with van der Waals surface area (Å²) in [6, 6.07) is 5.57. The highest BCUT2D eigenvalue weighted by atomic mass is 16.5. The SMILES string of the molecule is CC(C)[C@@H]1COc2ccccc2C(=O)N[C@H](C(=O)NCCCN(C)C)CCC(=O)NC(C)(C)CC(=O)N1. The summed E-state index contributed by atoms with van der Waals surface area (Å²) in [6.07, 6.45) is 0.959. The minimum Gasteiger partial charge on any atom is -0.491 e. The average molecular weight is 518 g/mol. The topological polar surface area (TPSA) is 129 Å². The standard InChI is InChI=1S/C27H43N5O5/c1-18(2)21-17-37-22-11-8-7-10-19(22)25(35)30-20(26(36)28-14-9-15-32(5)6)12-13-23(33)31-27(3,4)16-24(34)29-21/h7-8,10-11,18,20-21H,9,12-17H2,1-6H3,(H,28,36)(H,29,34)(H,30,35)(H,31,33)/t20-,21-/m0/s1. The van der Waals surface area contributed by atoms with Crippen LogP contribution in [0.4, 0.5) is 0 Å². The van der Waals surface area contributed by atoms with Crippen LogP contribution >= 0.6 is 0 Å². The molecule has 0 fully saturated rings. The second kappa shape index (κ2) is 14.0. The normalized spacial score (nSPS) is 21.4. The van der Waals surface area contributed by atoms with Crippen LogP contribution in [0.3, 0.4) is 0 Å². The Morgan fingerprint density at radius 1 is 1.14 bits per heavy atom. The molecule has 0 aromatic heterocycles. The van der Waals surface area contributed by atoms with Crippen molar-refractivity contribution in [2.75, 3.05) is 33.8 Å². The highest BCUT2D eigenvalue weighted by molar-refractivity contribution is 5.99. The molecule has 0 saturated heterocycles. The van der Waals surface area contributed by atoms with Gasteiger partial charge in [0.25, 0.3) is 5.91 Å². The number of nitrogens with one attached hydrogen (secondary N) is 4. The second-order valence-corrected chi connectivity index (χ2v) is 10.8. The molecule has 10 nitrogen and oxygen atoms in total. The fourth-order valence-corrected chi connectivity index (χ4v) is 4.01. The van der Waals surface area contributed by atoms with Crippen molar-refractivity contribution in [3.8, 4) is 5.75 Å². The monoisotopic (exact) mass is 517 g/mol. The van der Waals surface area contributed by atoms with Crippen LogP contribution in [-0.2, 0) is 14.4 Å². The van der Waals surface area contributed by atoms with E-state index in [4.69, 9.17) is 4.74 Å². The van der Waals surface area contributed by atoms with Gasteiger partial charge in [-0.1, -0.05) is 26.0 Å². The van der Waals surface area contributed by atoms with E-state index in [2.05, 4.69) is 21.3 Å². The first-order valence-corrected chi connectivity index (χ1v) is 12.9. The third kappa shape index (κ3) is 10.4. The van der Waals surface area contributed by atoms with E-state index >= 15 is 0 Å². The van der Waals surface area contributed by atoms with Gasteiger partial charge in [0, 0.05) is 24.9 Å². The zero-order chi connectivity index (χ0) is 27.6. The van der Waals surface area contributed by atoms with Gasteiger partial charge in [0.15, 0.2) is 0 Å². The van der Waals surface area contributed by atoms with Gasteiger partial charge in [0.1, 0.15) is 18.4 Å². The van der Waals surface area contributed by atoms with Gasteiger partial charge in [0.05, 0.1) is 11.6 Å². The van der Waals surface area contributed by atoms with Crippen LogP contribution in [0.2, 0.25) is 0 Å². The number of carbonyl (C=O) groups excluding carboxylic acids is 4. The predicted octanol–water partition coefficient (Wildman–Crippen LogP) is 1.45. The van der Waals surface area contributed by atoms with E-state index < -0.39 is 17.5 Å². The van der Waals surface area contributed by atoms with Crippen molar-refractivity contribution >= 4 is 23.6 Å². The van der Waals surface area contributed by atoms with Gasteiger partial charge >= 0.3 is 0 Å². The summed E-state index contributed by atoms with van der Waals surface area (Å²) in [4.78, 5) is 53.8. The number of fused-ring (bicyclic) bond motifs is 1. The highest BCUT2D eigenvalue weighted by Crippen LogP contribution is 2.20. The number of benzene rings is 1. The molecule has 1 aromatic rings. The Bertz CT molecular complexity index is 947. The summed E-state index contributed by atoms with van der Waals surface area (Å²) >= 11 is 0. The molecule has 1 heterocycles. The van der Waals surface area contributed by atoms with Crippen LogP contribution in [0, 0.1) is 5.92 Å². The van der Waals surface area contributed by atoms with Crippen molar-refractivity contribution in [1.82, 2.24) is 26.2 Å². The average Bonchev–Trinajstić information content (AvgIpc) is 2.80. The van der Waals surface area contributed by atoms with Crippen molar-refractivity contribution in [3.63, 3.8) is 0 Å². The highest BCUT2D eigenvalue weighted by Gasteiger charge is 2.29. The molecular weight excluding hydrogens is 474 g/mol. The van der Waals surface area contributed by atoms with E-state index in [1.165, 1.54) is 0 Å². The third-order valence-corrected chi connectivity index (χ3v) is 6.14. The largest absolute Gasteiger partial charge is 0.491 e. The molecule has 4 amide bonds. The van der Waals surface area contributed by atoms with Gasteiger partial charge < -0.3 is 30.9 Å². The fourth-order valence-electron chi connectivity index (χ4n) is 4.01. The Labute approximate surface area is 220 Å². The lowest BCUT2D eigenvalue weighted by molar-refractivity contribution is -0.126. The summed E-state index contributed by atoms with van der Waals surface area (Å²) in [5.41, 5.74) is -0.514. The Morgan fingerprint density at radius 3 is 2.51 bits per heavy atom. The quantitative estimate of drug-likeness (QED) is 0.423. The first-order valence-electron chi connectivity index (χ1n) is 12.9. The summed E-state index contributed by atoms with van der Waals surface area (Å²) in [7, 11) is 3.91. The molecule has 10 heteroatoms. The molecule has 0 saturated carbocycles. The fraction of sp³-hybridized carbons (Fsp3) is 0.630. The predicted molar refractivity (Wildman–Crippen MR) is 142 cm³/mol. The number of carbonyl (C=O) groups is 4. The molecule has 206 valence electrons. The first-order chi connectivity index (χ1) is 17.4. The van der Waals surface area contributed by atoms with Crippen molar-refractivity contribution in [1.29, 1.82) is 0 Å². The first kappa shape index (κ1) is 30.1. The molecule has 0 spiro atoms. The zero-order valence-corrected chi connectivity index (χ0v) is 23.0. The molecule has 4 N–H and O–H groups in total. The van der Waals surface area contributed by atoms with Crippen LogP contribution in [-0.4, -0.2) is 79.9 Å². The van der Waals surface area contributed by atoms with Crippen LogP contribution in [0.15, 0.2) is 24.3 Å². The number of amides is 4. The maximum Gasteiger partial charge on any atom is 0.255 e. The van der Waals surface area contributed by atoms with E-state index in [9.17, 15) is 19.2 Å². The molecule has 0 aliphatic carbocycles. The van der Waals surface area contributed by atoms with Crippen LogP contribution < -0.4 is 26.0 Å². The molecule has 1 aliphatic heterocycles. The molecule has 2 atom stereocenters. The molecule has 37 heavy (non-hydrogen) atoms. The molecular formula is C27H43N5O5. The van der Waals surface area contributed by atoms with Crippen molar-refractivity contribution in [2.24, 2.45) is 5.92 Å². The molecule has 1 aromatic carbocycles. The number of hydrogen-bond acceptors (Lipinski definition) is 6. The van der Waals surface area contributed by atoms with Crippen molar-refractivity contribution in [2.45, 2.75) is 71.0 Å². The Morgan fingerprint density at radius 2 is 1.84 bits per heavy atom. The number of hydrogen-bond donors (Lipinski definition) is 4. The minimum absolute atomic E-state index is 0.00782. The second-order valence-electron chi connectivity index (χ2n) is 10.8. The third-order valence-electron chi connectivity index (χ3n) is 6.14. The van der Waals surface area contributed by atoms with E-state index in [0.29, 0.717) is 12.3 Å². The smallest absolute Gasteiger partial charge is 0.255 e. The maximum absolute atomic E-state index is 13.2. The van der Waals surface area contributed by atoms with Crippen LogP contribution in [0.25, 0.3) is 0 Å². The number of para-hydroxylation sites is 1. The molecule has 0 radical (unpaired) electrons. The van der Waals surface area contributed by atoms with Gasteiger partial charge in [0.2, 0.25) is 17.7 Å². The molecule has 0 unspecified atom stereocenters. The molecule has 1 aliphatic rings. The van der Waals surface area contributed by atoms with E-state index in [-0.39, 0.29) is 61.1 Å². The summed E-state index contributed by atoms with van der Waals surface area (Å²) < 4.78 is 6.00.